The molecule has 3 heteroatoms. The van der Waals surface area contributed by atoms with Crippen molar-refractivity contribution in [1.82, 2.24) is 4.98 Å². The van der Waals surface area contributed by atoms with E-state index in [0.29, 0.717) is 0 Å². The third-order valence-electron chi connectivity index (χ3n) is 2.41. The third kappa shape index (κ3) is 1.52. The lowest BCUT2D eigenvalue weighted by molar-refractivity contribution is 0.617. The maximum absolute atomic E-state index is 5.43. The van der Waals surface area contributed by atoms with Crippen molar-refractivity contribution in [2.45, 2.75) is 0 Å². The van der Waals surface area contributed by atoms with Gasteiger partial charge in [-0.2, -0.15) is 0 Å². The summed E-state index contributed by atoms with van der Waals surface area (Å²) in [5.74, 6) is 0.814. The number of rotatable bonds is 2. The molecule has 0 unspecified atom stereocenters. The Morgan fingerprint density at radius 1 is 1.00 bits per heavy atom. The van der Waals surface area contributed by atoms with Crippen molar-refractivity contribution in [3.05, 3.63) is 54.9 Å². The highest BCUT2D eigenvalue weighted by Crippen LogP contribution is 2.27. The minimum atomic E-state index is 0.814. The van der Waals surface area contributed by atoms with Gasteiger partial charge in [-0.1, -0.05) is 18.2 Å². The highest BCUT2D eigenvalue weighted by molar-refractivity contribution is 5.91. The van der Waals surface area contributed by atoms with Crippen molar-refractivity contribution in [2.24, 2.45) is 0 Å². The lowest BCUT2D eigenvalue weighted by Crippen LogP contribution is -1.90. The number of hydrogen-bond acceptors (Lipinski definition) is 3. The molecule has 0 saturated carbocycles. The first-order chi connectivity index (χ1) is 7.93. The van der Waals surface area contributed by atoms with Gasteiger partial charge < -0.3 is 9.73 Å². The van der Waals surface area contributed by atoms with Gasteiger partial charge in [0.15, 0.2) is 0 Å². The summed E-state index contributed by atoms with van der Waals surface area (Å²) in [6, 6.07) is 13.7. The molecule has 2 heterocycles. The molecular weight excluding hydrogens is 200 g/mol. The summed E-state index contributed by atoms with van der Waals surface area (Å²) in [5.41, 5.74) is 1.82. The predicted octanol–water partition coefficient (Wildman–Crippen LogP) is 3.57. The number of fused-ring (bicyclic) bond motifs is 1. The summed E-state index contributed by atoms with van der Waals surface area (Å²) in [6.45, 7) is 0. The topological polar surface area (TPSA) is 38.1 Å². The molecule has 0 aliphatic heterocycles. The second kappa shape index (κ2) is 3.70. The largest absolute Gasteiger partial charge is 0.462 e. The third-order valence-corrected chi connectivity index (χ3v) is 2.41. The SMILES string of the molecule is c1ccc(Nc2coc3ccccc23)nc1. The second-order valence-electron chi connectivity index (χ2n) is 3.49. The van der Waals surface area contributed by atoms with E-state index in [1.54, 1.807) is 12.5 Å². The standard InChI is InChI=1S/C13H10N2O/c1-2-6-12-10(5-1)11(9-16-12)15-13-7-3-4-8-14-13/h1-9H,(H,14,15). The highest BCUT2D eigenvalue weighted by Gasteiger charge is 2.04. The molecule has 3 aromatic rings. The smallest absolute Gasteiger partial charge is 0.136 e. The van der Waals surface area contributed by atoms with Crippen molar-refractivity contribution >= 4 is 22.5 Å². The molecule has 0 radical (unpaired) electrons. The van der Waals surface area contributed by atoms with E-state index in [2.05, 4.69) is 10.3 Å². The van der Waals surface area contributed by atoms with Crippen molar-refractivity contribution in [1.29, 1.82) is 0 Å². The fraction of sp³-hybridized carbons (Fsp3) is 0. The van der Waals surface area contributed by atoms with Gasteiger partial charge in [-0.15, -0.1) is 0 Å². The number of benzene rings is 1. The van der Waals surface area contributed by atoms with Crippen LogP contribution in [0.15, 0.2) is 59.3 Å². The van der Waals surface area contributed by atoms with Crippen LogP contribution in [0.2, 0.25) is 0 Å². The lowest BCUT2D eigenvalue weighted by atomic mass is 10.2. The number of pyridine rings is 1. The van der Waals surface area contributed by atoms with Crippen LogP contribution in [0.4, 0.5) is 11.5 Å². The summed E-state index contributed by atoms with van der Waals surface area (Å²) < 4.78 is 5.43. The molecule has 0 saturated heterocycles. The fourth-order valence-electron chi connectivity index (χ4n) is 1.65. The Morgan fingerprint density at radius 3 is 2.75 bits per heavy atom. The Bertz CT molecular complexity index is 601. The van der Waals surface area contributed by atoms with Gasteiger partial charge in [-0.25, -0.2) is 4.98 Å². The minimum Gasteiger partial charge on any atom is -0.462 e. The Kier molecular flexibility index (Phi) is 2.07. The van der Waals surface area contributed by atoms with Crippen LogP contribution in [0.3, 0.4) is 0 Å². The minimum absolute atomic E-state index is 0.814. The van der Waals surface area contributed by atoms with Crippen molar-refractivity contribution in [3.63, 3.8) is 0 Å². The van der Waals surface area contributed by atoms with Gasteiger partial charge in [-0.05, 0) is 24.3 Å². The van der Waals surface area contributed by atoms with Crippen LogP contribution in [-0.2, 0) is 0 Å². The molecule has 1 N–H and O–H groups in total. The van der Waals surface area contributed by atoms with Crippen LogP contribution >= 0.6 is 0 Å². The van der Waals surface area contributed by atoms with Gasteiger partial charge >= 0.3 is 0 Å². The van der Waals surface area contributed by atoms with E-state index in [4.69, 9.17) is 4.42 Å². The number of furan rings is 1. The maximum Gasteiger partial charge on any atom is 0.136 e. The fourth-order valence-corrected chi connectivity index (χ4v) is 1.65. The molecule has 0 spiro atoms. The van der Waals surface area contributed by atoms with E-state index in [-0.39, 0.29) is 0 Å². The normalized spacial score (nSPS) is 10.5. The molecule has 16 heavy (non-hydrogen) atoms. The number of anilines is 2. The first-order valence-corrected chi connectivity index (χ1v) is 5.08. The Labute approximate surface area is 92.7 Å². The van der Waals surface area contributed by atoms with E-state index in [1.807, 2.05) is 42.5 Å². The van der Waals surface area contributed by atoms with Crippen LogP contribution in [0.25, 0.3) is 11.0 Å². The van der Waals surface area contributed by atoms with Gasteiger partial charge in [0.05, 0.1) is 5.69 Å². The highest BCUT2D eigenvalue weighted by atomic mass is 16.3. The number of nitrogens with zero attached hydrogens (tertiary/aromatic N) is 1. The molecule has 0 aliphatic rings. The van der Waals surface area contributed by atoms with Gasteiger partial charge in [0.25, 0.3) is 0 Å². The van der Waals surface area contributed by atoms with E-state index in [1.165, 1.54) is 0 Å². The zero-order valence-corrected chi connectivity index (χ0v) is 8.55. The van der Waals surface area contributed by atoms with Crippen LogP contribution < -0.4 is 5.32 Å². The quantitative estimate of drug-likeness (QED) is 0.702. The summed E-state index contributed by atoms with van der Waals surface area (Å²) >= 11 is 0. The molecule has 0 aliphatic carbocycles. The second-order valence-corrected chi connectivity index (χ2v) is 3.49. The predicted molar refractivity (Wildman–Crippen MR) is 63.7 cm³/mol. The van der Waals surface area contributed by atoms with E-state index < -0.39 is 0 Å². The van der Waals surface area contributed by atoms with Gasteiger partial charge in [0.2, 0.25) is 0 Å². The number of hydrogen-bond donors (Lipinski definition) is 1. The average molecular weight is 210 g/mol. The molecule has 0 atom stereocenters. The van der Waals surface area contributed by atoms with E-state index >= 15 is 0 Å². The monoisotopic (exact) mass is 210 g/mol. The Balaban J connectivity index is 2.01. The molecule has 1 aromatic carbocycles. The molecule has 78 valence electrons. The summed E-state index contributed by atoms with van der Waals surface area (Å²) in [7, 11) is 0. The first kappa shape index (κ1) is 8.97. The molecule has 0 amide bonds. The number of aromatic nitrogens is 1. The number of nitrogens with one attached hydrogen (secondary N) is 1. The zero-order chi connectivity index (χ0) is 10.8. The van der Waals surface area contributed by atoms with Crippen molar-refractivity contribution in [2.75, 3.05) is 5.32 Å². The number of para-hydroxylation sites is 1. The first-order valence-electron chi connectivity index (χ1n) is 5.08. The average Bonchev–Trinajstić information content (AvgIpc) is 2.74. The van der Waals surface area contributed by atoms with Crippen LogP contribution in [0.5, 0.6) is 0 Å². The molecule has 3 nitrogen and oxygen atoms in total. The summed E-state index contributed by atoms with van der Waals surface area (Å²) in [5, 5.41) is 4.29. The van der Waals surface area contributed by atoms with E-state index in [9.17, 15) is 0 Å². The van der Waals surface area contributed by atoms with E-state index in [0.717, 1.165) is 22.5 Å². The van der Waals surface area contributed by atoms with Crippen LogP contribution in [-0.4, -0.2) is 4.98 Å². The van der Waals surface area contributed by atoms with Crippen molar-refractivity contribution in [3.8, 4) is 0 Å². The van der Waals surface area contributed by atoms with Crippen LogP contribution in [0.1, 0.15) is 0 Å². The zero-order valence-electron chi connectivity index (χ0n) is 8.55. The summed E-state index contributed by atoms with van der Waals surface area (Å²) in [6.07, 6.45) is 3.46. The molecule has 3 rings (SSSR count). The molecular formula is C13H10N2O. The van der Waals surface area contributed by atoms with Crippen LogP contribution in [0, 0.1) is 0 Å². The summed E-state index contributed by atoms with van der Waals surface area (Å²) in [4.78, 5) is 4.21. The lowest BCUT2D eigenvalue weighted by Gasteiger charge is -2.01. The van der Waals surface area contributed by atoms with Crippen molar-refractivity contribution < 1.29 is 4.42 Å². The Morgan fingerprint density at radius 2 is 1.88 bits per heavy atom. The molecule has 2 aromatic heterocycles. The Hall–Kier alpha value is -2.29. The van der Waals surface area contributed by atoms with Gasteiger partial charge in [0, 0.05) is 11.6 Å². The van der Waals surface area contributed by atoms with Gasteiger partial charge in [-0.3, -0.25) is 0 Å². The molecule has 0 fully saturated rings. The maximum atomic E-state index is 5.43. The van der Waals surface area contributed by atoms with Gasteiger partial charge in [0.1, 0.15) is 17.7 Å². The molecule has 0 bridgehead atoms.